The van der Waals surface area contributed by atoms with E-state index >= 15 is 0 Å². The predicted molar refractivity (Wildman–Crippen MR) is 82.4 cm³/mol. The van der Waals surface area contributed by atoms with Gasteiger partial charge < -0.3 is 0 Å². The summed E-state index contributed by atoms with van der Waals surface area (Å²) in [5, 5.41) is 0. The number of alkyl halides is 1. The summed E-state index contributed by atoms with van der Waals surface area (Å²) >= 11 is 3.75. The SMILES string of the molecule is Cc1cccc(CC(Br)c2c(C)cc(F)cc2C)c1. The van der Waals surface area contributed by atoms with E-state index in [4.69, 9.17) is 0 Å². The number of benzene rings is 2. The molecule has 2 heteroatoms. The number of hydrogen-bond donors (Lipinski definition) is 0. The van der Waals surface area contributed by atoms with E-state index in [-0.39, 0.29) is 10.6 Å². The number of hydrogen-bond acceptors (Lipinski definition) is 0. The van der Waals surface area contributed by atoms with Crippen LogP contribution < -0.4 is 0 Å². The molecule has 0 aromatic heterocycles. The van der Waals surface area contributed by atoms with Crippen LogP contribution in [0, 0.1) is 26.6 Å². The molecule has 0 aliphatic carbocycles. The molecule has 0 fully saturated rings. The summed E-state index contributed by atoms with van der Waals surface area (Å²) < 4.78 is 13.3. The molecular formula is C17H18BrF. The molecule has 0 heterocycles. The minimum absolute atomic E-state index is 0.158. The van der Waals surface area contributed by atoms with Gasteiger partial charge in [-0.25, -0.2) is 4.39 Å². The maximum absolute atomic E-state index is 13.3. The zero-order chi connectivity index (χ0) is 14.0. The Kier molecular flexibility index (Phi) is 4.41. The van der Waals surface area contributed by atoms with Crippen LogP contribution in [0.5, 0.6) is 0 Å². The van der Waals surface area contributed by atoms with Gasteiger partial charge in [0.15, 0.2) is 0 Å². The summed E-state index contributed by atoms with van der Waals surface area (Å²) in [6.07, 6.45) is 0.912. The van der Waals surface area contributed by atoms with Crippen molar-refractivity contribution in [3.8, 4) is 0 Å². The summed E-state index contributed by atoms with van der Waals surface area (Å²) in [6, 6.07) is 11.7. The number of halogens is 2. The summed E-state index contributed by atoms with van der Waals surface area (Å²) in [5.74, 6) is -0.158. The molecule has 2 rings (SSSR count). The van der Waals surface area contributed by atoms with E-state index in [1.54, 1.807) is 12.1 Å². The molecule has 19 heavy (non-hydrogen) atoms. The topological polar surface area (TPSA) is 0 Å². The van der Waals surface area contributed by atoms with Crippen molar-refractivity contribution in [2.24, 2.45) is 0 Å². The minimum atomic E-state index is -0.158. The lowest BCUT2D eigenvalue weighted by molar-refractivity contribution is 0.624. The van der Waals surface area contributed by atoms with Crippen LogP contribution in [0.25, 0.3) is 0 Å². The largest absolute Gasteiger partial charge is 0.207 e. The lowest BCUT2D eigenvalue weighted by Gasteiger charge is -2.16. The van der Waals surface area contributed by atoms with Crippen molar-refractivity contribution in [1.29, 1.82) is 0 Å². The van der Waals surface area contributed by atoms with Gasteiger partial charge in [0.2, 0.25) is 0 Å². The van der Waals surface area contributed by atoms with Gasteiger partial charge in [-0.1, -0.05) is 45.8 Å². The molecule has 0 N–H and O–H groups in total. The van der Waals surface area contributed by atoms with Gasteiger partial charge in [0.1, 0.15) is 5.82 Å². The third-order valence-corrected chi connectivity index (χ3v) is 4.15. The van der Waals surface area contributed by atoms with E-state index in [1.165, 1.54) is 16.7 Å². The van der Waals surface area contributed by atoms with E-state index in [1.807, 2.05) is 13.8 Å². The van der Waals surface area contributed by atoms with Crippen LogP contribution in [-0.4, -0.2) is 0 Å². The molecule has 0 spiro atoms. The Bertz CT molecular complexity index is 567. The molecule has 0 bridgehead atoms. The summed E-state index contributed by atoms with van der Waals surface area (Å²) in [5.41, 5.74) is 5.77. The first-order chi connectivity index (χ1) is 8.97. The molecule has 1 atom stereocenters. The summed E-state index contributed by atoms with van der Waals surface area (Å²) in [4.78, 5) is 0.217. The van der Waals surface area contributed by atoms with Gasteiger partial charge in [-0.15, -0.1) is 0 Å². The highest BCUT2D eigenvalue weighted by Crippen LogP contribution is 2.32. The average molecular weight is 321 g/mol. The first-order valence-electron chi connectivity index (χ1n) is 6.43. The Hall–Kier alpha value is -1.15. The zero-order valence-electron chi connectivity index (χ0n) is 11.5. The van der Waals surface area contributed by atoms with Gasteiger partial charge in [0, 0.05) is 4.83 Å². The van der Waals surface area contributed by atoms with Crippen molar-refractivity contribution in [1.82, 2.24) is 0 Å². The smallest absolute Gasteiger partial charge is 0.123 e. The van der Waals surface area contributed by atoms with Crippen LogP contribution in [0.2, 0.25) is 0 Å². The second kappa shape index (κ2) is 5.87. The number of rotatable bonds is 3. The van der Waals surface area contributed by atoms with E-state index < -0.39 is 0 Å². The minimum Gasteiger partial charge on any atom is -0.207 e. The molecular weight excluding hydrogens is 303 g/mol. The van der Waals surface area contributed by atoms with Crippen LogP contribution in [0.3, 0.4) is 0 Å². The average Bonchev–Trinajstić information content (AvgIpc) is 2.27. The molecule has 0 aliphatic rings. The summed E-state index contributed by atoms with van der Waals surface area (Å²) in [6.45, 7) is 6.03. The van der Waals surface area contributed by atoms with Crippen LogP contribution in [0.4, 0.5) is 4.39 Å². The first kappa shape index (κ1) is 14.3. The first-order valence-corrected chi connectivity index (χ1v) is 7.35. The fraction of sp³-hybridized carbons (Fsp3) is 0.294. The van der Waals surface area contributed by atoms with E-state index in [0.717, 1.165) is 17.5 Å². The van der Waals surface area contributed by atoms with Gasteiger partial charge >= 0.3 is 0 Å². The van der Waals surface area contributed by atoms with Gasteiger partial charge in [-0.05, 0) is 61.6 Å². The van der Waals surface area contributed by atoms with Crippen molar-refractivity contribution in [2.75, 3.05) is 0 Å². The van der Waals surface area contributed by atoms with Crippen molar-refractivity contribution >= 4 is 15.9 Å². The molecule has 1 unspecified atom stereocenters. The van der Waals surface area contributed by atoms with Gasteiger partial charge in [0.25, 0.3) is 0 Å². The highest BCUT2D eigenvalue weighted by Gasteiger charge is 2.15. The molecule has 2 aromatic carbocycles. The Labute approximate surface area is 122 Å². The van der Waals surface area contributed by atoms with E-state index in [0.29, 0.717) is 0 Å². The van der Waals surface area contributed by atoms with Crippen LogP contribution in [0.15, 0.2) is 36.4 Å². The van der Waals surface area contributed by atoms with Crippen LogP contribution in [0.1, 0.15) is 32.6 Å². The highest BCUT2D eigenvalue weighted by atomic mass is 79.9. The van der Waals surface area contributed by atoms with Crippen LogP contribution in [-0.2, 0) is 6.42 Å². The molecule has 0 radical (unpaired) electrons. The van der Waals surface area contributed by atoms with Crippen molar-refractivity contribution in [3.63, 3.8) is 0 Å². The Morgan fingerprint density at radius 1 is 1.05 bits per heavy atom. The normalized spacial score (nSPS) is 12.5. The molecule has 0 saturated carbocycles. The van der Waals surface area contributed by atoms with E-state index in [9.17, 15) is 4.39 Å². The fourth-order valence-electron chi connectivity index (χ4n) is 2.56. The van der Waals surface area contributed by atoms with Crippen molar-refractivity contribution in [2.45, 2.75) is 32.0 Å². The Morgan fingerprint density at radius 2 is 1.68 bits per heavy atom. The fourth-order valence-corrected chi connectivity index (χ4v) is 3.66. The maximum Gasteiger partial charge on any atom is 0.123 e. The predicted octanol–water partition coefficient (Wildman–Crippen LogP) is 5.43. The third-order valence-electron chi connectivity index (χ3n) is 3.37. The van der Waals surface area contributed by atoms with Crippen molar-refractivity contribution < 1.29 is 4.39 Å². The molecule has 2 aromatic rings. The van der Waals surface area contributed by atoms with E-state index in [2.05, 4.69) is 47.1 Å². The molecule has 0 amide bonds. The lowest BCUT2D eigenvalue weighted by atomic mass is 9.95. The zero-order valence-corrected chi connectivity index (χ0v) is 13.1. The third kappa shape index (κ3) is 3.44. The second-order valence-corrected chi connectivity index (χ2v) is 6.22. The molecule has 0 saturated heterocycles. The quantitative estimate of drug-likeness (QED) is 0.661. The Balaban J connectivity index is 2.28. The van der Waals surface area contributed by atoms with Gasteiger partial charge in [0.05, 0.1) is 0 Å². The Morgan fingerprint density at radius 3 is 2.26 bits per heavy atom. The van der Waals surface area contributed by atoms with Gasteiger partial charge in [-0.3, -0.25) is 0 Å². The van der Waals surface area contributed by atoms with Crippen LogP contribution >= 0.6 is 15.9 Å². The second-order valence-electron chi connectivity index (χ2n) is 5.11. The maximum atomic E-state index is 13.3. The summed E-state index contributed by atoms with van der Waals surface area (Å²) in [7, 11) is 0. The molecule has 100 valence electrons. The monoisotopic (exact) mass is 320 g/mol. The number of aryl methyl sites for hydroxylation is 3. The molecule has 0 aliphatic heterocycles. The highest BCUT2D eigenvalue weighted by molar-refractivity contribution is 9.09. The van der Waals surface area contributed by atoms with Gasteiger partial charge in [-0.2, -0.15) is 0 Å². The molecule has 0 nitrogen and oxygen atoms in total. The lowest BCUT2D eigenvalue weighted by Crippen LogP contribution is -2.02. The standard InChI is InChI=1S/C17H18BrF/c1-11-5-4-6-14(7-11)10-16(18)17-12(2)8-15(19)9-13(17)3/h4-9,16H,10H2,1-3H3. The van der Waals surface area contributed by atoms with Crippen molar-refractivity contribution in [3.05, 3.63) is 70.0 Å².